The van der Waals surface area contributed by atoms with Gasteiger partial charge in [0.05, 0.1) is 5.02 Å². The number of halogens is 1. The number of rotatable bonds is 5. The van der Waals surface area contributed by atoms with Crippen molar-refractivity contribution in [2.75, 3.05) is 11.5 Å². The Morgan fingerprint density at radius 1 is 1.35 bits per heavy atom. The lowest BCUT2D eigenvalue weighted by molar-refractivity contribution is -0.121. The molecule has 0 heterocycles. The van der Waals surface area contributed by atoms with Crippen LogP contribution in [0.5, 0.6) is 0 Å². The molecule has 0 atom stereocenters. The van der Waals surface area contributed by atoms with Crippen LogP contribution in [-0.4, -0.2) is 17.7 Å². The van der Waals surface area contributed by atoms with Gasteiger partial charge in [-0.1, -0.05) is 30.9 Å². The minimum atomic E-state index is 0.143. The molecule has 2 rings (SSSR count). The Bertz CT molecular complexity index is 461. The molecule has 0 spiro atoms. The molecule has 1 aliphatic carbocycles. The number of nitrogen functional groups attached to an aromatic ring is 1. The molecule has 1 fully saturated rings. The third kappa shape index (κ3) is 4.91. The molecule has 1 aromatic carbocycles. The van der Waals surface area contributed by atoms with Crippen LogP contribution < -0.4 is 11.1 Å². The van der Waals surface area contributed by atoms with Gasteiger partial charge in [-0.15, -0.1) is 11.8 Å². The topological polar surface area (TPSA) is 55.1 Å². The molecule has 110 valence electrons. The normalized spacial score (nSPS) is 16.1. The lowest BCUT2D eigenvalue weighted by Gasteiger charge is -2.22. The minimum Gasteiger partial charge on any atom is -0.399 e. The van der Waals surface area contributed by atoms with Gasteiger partial charge in [-0.3, -0.25) is 4.79 Å². The van der Waals surface area contributed by atoms with Crippen molar-refractivity contribution >= 4 is 35.0 Å². The summed E-state index contributed by atoms with van der Waals surface area (Å²) in [5.41, 5.74) is 6.43. The fraction of sp³-hybridized carbons (Fsp3) is 0.533. The van der Waals surface area contributed by atoms with E-state index in [1.54, 1.807) is 23.9 Å². The zero-order valence-electron chi connectivity index (χ0n) is 11.5. The van der Waals surface area contributed by atoms with Gasteiger partial charge in [-0.2, -0.15) is 0 Å². The van der Waals surface area contributed by atoms with Gasteiger partial charge in [0, 0.05) is 28.8 Å². The van der Waals surface area contributed by atoms with E-state index in [0.717, 1.165) is 23.5 Å². The first kappa shape index (κ1) is 15.5. The minimum absolute atomic E-state index is 0.143. The highest BCUT2D eigenvalue weighted by atomic mass is 35.5. The van der Waals surface area contributed by atoms with Crippen molar-refractivity contribution in [1.29, 1.82) is 0 Å². The van der Waals surface area contributed by atoms with Gasteiger partial charge in [0.2, 0.25) is 5.91 Å². The maximum atomic E-state index is 11.9. The quantitative estimate of drug-likeness (QED) is 0.641. The number of hydrogen-bond donors (Lipinski definition) is 2. The molecular weight excluding hydrogens is 292 g/mol. The molecule has 5 heteroatoms. The van der Waals surface area contributed by atoms with Crippen LogP contribution in [0, 0.1) is 0 Å². The number of amides is 1. The molecule has 0 aromatic heterocycles. The van der Waals surface area contributed by atoms with E-state index < -0.39 is 0 Å². The van der Waals surface area contributed by atoms with Crippen molar-refractivity contribution in [2.24, 2.45) is 0 Å². The van der Waals surface area contributed by atoms with E-state index in [-0.39, 0.29) is 5.91 Å². The van der Waals surface area contributed by atoms with Gasteiger partial charge in [0.1, 0.15) is 0 Å². The molecule has 1 aliphatic rings. The van der Waals surface area contributed by atoms with Crippen molar-refractivity contribution in [3.8, 4) is 0 Å². The molecule has 0 saturated heterocycles. The second-order valence-electron chi connectivity index (χ2n) is 5.19. The monoisotopic (exact) mass is 312 g/mol. The standard InChI is InChI=1S/C15H21ClN2OS/c16-13-7-6-11(17)10-14(13)20-9-8-15(19)18-12-4-2-1-3-5-12/h6-7,10,12H,1-5,8-9,17H2,(H,18,19). The molecular formula is C15H21ClN2OS. The molecule has 1 saturated carbocycles. The van der Waals surface area contributed by atoms with Crippen LogP contribution in [0.1, 0.15) is 38.5 Å². The van der Waals surface area contributed by atoms with Crippen LogP contribution >= 0.6 is 23.4 Å². The summed E-state index contributed by atoms with van der Waals surface area (Å²) < 4.78 is 0. The Morgan fingerprint density at radius 2 is 2.10 bits per heavy atom. The fourth-order valence-corrected chi connectivity index (χ4v) is 3.64. The summed E-state index contributed by atoms with van der Waals surface area (Å²) in [6, 6.07) is 5.81. The van der Waals surface area contributed by atoms with Gasteiger partial charge < -0.3 is 11.1 Å². The molecule has 3 N–H and O–H groups in total. The summed E-state index contributed by atoms with van der Waals surface area (Å²) in [5.74, 6) is 0.867. The molecule has 3 nitrogen and oxygen atoms in total. The van der Waals surface area contributed by atoms with Crippen LogP contribution in [0.4, 0.5) is 5.69 Å². The van der Waals surface area contributed by atoms with E-state index in [2.05, 4.69) is 5.32 Å². The highest BCUT2D eigenvalue weighted by Gasteiger charge is 2.15. The summed E-state index contributed by atoms with van der Waals surface area (Å²) in [4.78, 5) is 12.8. The predicted octanol–water partition coefficient (Wildman–Crippen LogP) is 3.85. The summed E-state index contributed by atoms with van der Waals surface area (Å²) in [6.45, 7) is 0. The zero-order chi connectivity index (χ0) is 14.4. The molecule has 0 bridgehead atoms. The summed E-state index contributed by atoms with van der Waals surface area (Å²) >= 11 is 7.67. The predicted molar refractivity (Wildman–Crippen MR) is 86.2 cm³/mol. The Balaban J connectivity index is 1.72. The van der Waals surface area contributed by atoms with E-state index in [1.807, 2.05) is 6.07 Å². The number of anilines is 1. The Hall–Kier alpha value is -0.870. The van der Waals surface area contributed by atoms with Gasteiger partial charge in [-0.25, -0.2) is 0 Å². The second kappa shape index (κ2) is 7.79. The van der Waals surface area contributed by atoms with E-state index in [0.29, 0.717) is 23.2 Å². The van der Waals surface area contributed by atoms with Crippen LogP contribution in [0.25, 0.3) is 0 Å². The molecule has 0 aliphatic heterocycles. The lowest BCUT2D eigenvalue weighted by atomic mass is 9.95. The van der Waals surface area contributed by atoms with E-state index >= 15 is 0 Å². The third-order valence-corrected chi connectivity index (χ3v) is 5.01. The van der Waals surface area contributed by atoms with Gasteiger partial charge in [-0.05, 0) is 31.0 Å². The summed E-state index contributed by atoms with van der Waals surface area (Å²) in [7, 11) is 0. The number of hydrogen-bond acceptors (Lipinski definition) is 3. The van der Waals surface area contributed by atoms with Crippen LogP contribution in [0.3, 0.4) is 0 Å². The Labute approximate surface area is 129 Å². The average Bonchev–Trinajstić information content (AvgIpc) is 2.44. The second-order valence-corrected chi connectivity index (χ2v) is 6.73. The molecule has 1 aromatic rings. The number of thioether (sulfide) groups is 1. The maximum Gasteiger partial charge on any atom is 0.221 e. The van der Waals surface area contributed by atoms with Crippen molar-refractivity contribution in [3.63, 3.8) is 0 Å². The van der Waals surface area contributed by atoms with Crippen LogP contribution in [-0.2, 0) is 4.79 Å². The zero-order valence-corrected chi connectivity index (χ0v) is 13.1. The van der Waals surface area contributed by atoms with Crippen LogP contribution in [0.15, 0.2) is 23.1 Å². The maximum absolute atomic E-state index is 11.9. The average molecular weight is 313 g/mol. The number of carbonyl (C=O) groups is 1. The van der Waals surface area contributed by atoms with E-state index in [1.165, 1.54) is 19.3 Å². The molecule has 0 radical (unpaired) electrons. The van der Waals surface area contributed by atoms with Crippen LogP contribution in [0.2, 0.25) is 5.02 Å². The van der Waals surface area contributed by atoms with Crippen molar-refractivity contribution in [1.82, 2.24) is 5.32 Å². The lowest BCUT2D eigenvalue weighted by Crippen LogP contribution is -2.36. The summed E-state index contributed by atoms with van der Waals surface area (Å²) in [6.07, 6.45) is 6.54. The highest BCUT2D eigenvalue weighted by Crippen LogP contribution is 2.29. The number of nitrogens with one attached hydrogen (secondary N) is 1. The van der Waals surface area contributed by atoms with Gasteiger partial charge >= 0.3 is 0 Å². The molecule has 0 unspecified atom stereocenters. The number of nitrogens with two attached hydrogens (primary N) is 1. The Morgan fingerprint density at radius 3 is 2.85 bits per heavy atom. The smallest absolute Gasteiger partial charge is 0.221 e. The van der Waals surface area contributed by atoms with E-state index in [4.69, 9.17) is 17.3 Å². The van der Waals surface area contributed by atoms with E-state index in [9.17, 15) is 4.79 Å². The first-order valence-corrected chi connectivity index (χ1v) is 8.48. The van der Waals surface area contributed by atoms with Gasteiger partial charge in [0.25, 0.3) is 0 Å². The van der Waals surface area contributed by atoms with Crippen molar-refractivity contribution in [2.45, 2.75) is 49.5 Å². The molecule has 20 heavy (non-hydrogen) atoms. The van der Waals surface area contributed by atoms with Crippen molar-refractivity contribution in [3.05, 3.63) is 23.2 Å². The number of carbonyl (C=O) groups excluding carboxylic acids is 1. The van der Waals surface area contributed by atoms with Gasteiger partial charge in [0.15, 0.2) is 0 Å². The molecule has 1 amide bonds. The first-order chi connectivity index (χ1) is 9.65. The summed E-state index contributed by atoms with van der Waals surface area (Å²) in [5, 5.41) is 3.81. The SMILES string of the molecule is Nc1ccc(Cl)c(SCCC(=O)NC2CCCCC2)c1. The fourth-order valence-electron chi connectivity index (χ4n) is 2.43. The Kier molecular flexibility index (Phi) is 6.05. The number of benzene rings is 1. The highest BCUT2D eigenvalue weighted by molar-refractivity contribution is 7.99. The largest absolute Gasteiger partial charge is 0.399 e. The first-order valence-electron chi connectivity index (χ1n) is 7.12. The van der Waals surface area contributed by atoms with Crippen molar-refractivity contribution < 1.29 is 4.79 Å². The third-order valence-electron chi connectivity index (χ3n) is 3.51.